The van der Waals surface area contributed by atoms with Crippen LogP contribution < -0.4 is 5.32 Å². The van der Waals surface area contributed by atoms with Crippen LogP contribution in [0.25, 0.3) is 0 Å². The van der Waals surface area contributed by atoms with E-state index in [1.807, 2.05) is 26.8 Å². The lowest BCUT2D eigenvalue weighted by Crippen LogP contribution is -2.51. The van der Waals surface area contributed by atoms with E-state index in [0.29, 0.717) is 23.1 Å². The molecule has 5 nitrogen and oxygen atoms in total. The van der Waals surface area contributed by atoms with Gasteiger partial charge in [0.2, 0.25) is 0 Å². The van der Waals surface area contributed by atoms with Gasteiger partial charge in [0.05, 0.1) is 16.6 Å². The van der Waals surface area contributed by atoms with Crippen molar-refractivity contribution in [2.24, 2.45) is 5.41 Å². The first kappa shape index (κ1) is 17.1. The lowest BCUT2D eigenvalue weighted by Gasteiger charge is -2.40. The average Bonchev–Trinajstić information content (AvgIpc) is 2.91. The summed E-state index contributed by atoms with van der Waals surface area (Å²) >= 11 is 11.9. The summed E-state index contributed by atoms with van der Waals surface area (Å²) in [4.78, 5) is 3.92. The molecule has 0 aliphatic heterocycles. The average molecular weight is 343 g/mol. The van der Waals surface area contributed by atoms with Crippen molar-refractivity contribution in [3.8, 4) is 0 Å². The molecule has 0 bridgehead atoms. The normalized spacial score (nSPS) is 14.6. The van der Waals surface area contributed by atoms with Gasteiger partial charge in [-0.15, -0.1) is 0 Å². The van der Waals surface area contributed by atoms with Crippen LogP contribution in [0.2, 0.25) is 10.0 Å². The third-order valence-electron chi connectivity index (χ3n) is 3.79. The molecule has 2 N–H and O–H groups in total. The highest BCUT2D eigenvalue weighted by Gasteiger charge is 2.40. The third-order valence-corrected chi connectivity index (χ3v) is 4.53. The number of nitrogens with one attached hydrogen (secondary N) is 1. The number of benzene rings is 1. The van der Waals surface area contributed by atoms with E-state index in [2.05, 4.69) is 15.4 Å². The molecule has 0 aliphatic rings. The number of rotatable bonds is 5. The van der Waals surface area contributed by atoms with Crippen LogP contribution in [-0.2, 0) is 6.54 Å². The van der Waals surface area contributed by atoms with Gasteiger partial charge in [-0.25, -0.2) is 9.67 Å². The van der Waals surface area contributed by atoms with Gasteiger partial charge in [-0.3, -0.25) is 0 Å². The molecule has 1 aromatic carbocycles. The molecule has 0 radical (unpaired) electrons. The largest absolute Gasteiger partial charge is 0.386 e. The Hall–Kier alpha value is -1.30. The van der Waals surface area contributed by atoms with E-state index in [-0.39, 0.29) is 5.41 Å². The van der Waals surface area contributed by atoms with Gasteiger partial charge < -0.3 is 10.4 Å². The molecule has 0 fully saturated rings. The van der Waals surface area contributed by atoms with E-state index in [4.69, 9.17) is 23.2 Å². The van der Waals surface area contributed by atoms with E-state index in [0.717, 1.165) is 5.69 Å². The standard InChI is InChI=1S/C15H20Cl2N4O/c1-14(2,3)15(22,8-21-10-18-9-20-21)7-19-11-4-5-12(16)13(17)6-11/h4-6,9-10,19,22H,7-8H2,1-3H3. The molecule has 2 rings (SSSR count). The second-order valence-electron chi connectivity index (χ2n) is 6.36. The topological polar surface area (TPSA) is 63.0 Å². The van der Waals surface area contributed by atoms with Gasteiger partial charge in [-0.05, 0) is 23.6 Å². The Morgan fingerprint density at radius 1 is 1.23 bits per heavy atom. The van der Waals surface area contributed by atoms with Crippen molar-refractivity contribution in [3.05, 3.63) is 40.9 Å². The molecule has 0 spiro atoms. The maximum Gasteiger partial charge on any atom is 0.137 e. The van der Waals surface area contributed by atoms with Crippen LogP contribution in [-0.4, -0.2) is 32.0 Å². The minimum absolute atomic E-state index is 0.338. The Morgan fingerprint density at radius 3 is 2.50 bits per heavy atom. The van der Waals surface area contributed by atoms with Crippen molar-refractivity contribution in [2.75, 3.05) is 11.9 Å². The van der Waals surface area contributed by atoms with Gasteiger partial charge in [-0.1, -0.05) is 44.0 Å². The van der Waals surface area contributed by atoms with Crippen LogP contribution >= 0.6 is 23.2 Å². The molecule has 0 aliphatic carbocycles. The van der Waals surface area contributed by atoms with Crippen molar-refractivity contribution in [1.29, 1.82) is 0 Å². The number of hydrogen-bond acceptors (Lipinski definition) is 4. The minimum Gasteiger partial charge on any atom is -0.386 e. The summed E-state index contributed by atoms with van der Waals surface area (Å²) in [5.41, 5.74) is -0.578. The zero-order chi connectivity index (χ0) is 16.4. The number of anilines is 1. The van der Waals surface area contributed by atoms with Crippen molar-refractivity contribution < 1.29 is 5.11 Å². The van der Waals surface area contributed by atoms with E-state index in [1.54, 1.807) is 23.1 Å². The highest BCUT2D eigenvalue weighted by Crippen LogP contribution is 2.33. The van der Waals surface area contributed by atoms with Crippen LogP contribution in [0.15, 0.2) is 30.9 Å². The predicted molar refractivity (Wildman–Crippen MR) is 89.4 cm³/mol. The van der Waals surface area contributed by atoms with Crippen LogP contribution in [0.5, 0.6) is 0 Å². The molecular weight excluding hydrogens is 323 g/mol. The molecule has 120 valence electrons. The second kappa shape index (κ2) is 6.44. The van der Waals surface area contributed by atoms with Gasteiger partial charge in [0.25, 0.3) is 0 Å². The van der Waals surface area contributed by atoms with Crippen LogP contribution in [0.1, 0.15) is 20.8 Å². The number of aliphatic hydroxyl groups is 1. The Bertz CT molecular complexity index is 625. The molecule has 1 atom stereocenters. The lowest BCUT2D eigenvalue weighted by molar-refractivity contribution is -0.0619. The Morgan fingerprint density at radius 2 is 1.95 bits per heavy atom. The van der Waals surface area contributed by atoms with Gasteiger partial charge in [0.1, 0.15) is 18.3 Å². The van der Waals surface area contributed by atoms with E-state index < -0.39 is 5.60 Å². The summed E-state index contributed by atoms with van der Waals surface area (Å²) in [6.45, 7) is 6.64. The first-order valence-corrected chi connectivity index (χ1v) is 7.71. The summed E-state index contributed by atoms with van der Waals surface area (Å²) in [6, 6.07) is 5.29. The maximum atomic E-state index is 11.1. The number of aromatic nitrogens is 3. The quantitative estimate of drug-likeness (QED) is 0.873. The molecule has 1 unspecified atom stereocenters. The minimum atomic E-state index is -1.02. The first-order valence-electron chi connectivity index (χ1n) is 6.95. The molecule has 1 heterocycles. The zero-order valence-electron chi connectivity index (χ0n) is 12.8. The van der Waals surface area contributed by atoms with Gasteiger partial charge in [0, 0.05) is 12.2 Å². The number of halogens is 2. The lowest BCUT2D eigenvalue weighted by atomic mass is 9.76. The number of hydrogen-bond donors (Lipinski definition) is 2. The molecular formula is C15H20Cl2N4O. The van der Waals surface area contributed by atoms with Crippen LogP contribution in [0, 0.1) is 5.41 Å². The fraction of sp³-hybridized carbons (Fsp3) is 0.467. The van der Waals surface area contributed by atoms with Crippen molar-refractivity contribution in [3.63, 3.8) is 0 Å². The van der Waals surface area contributed by atoms with Crippen molar-refractivity contribution in [1.82, 2.24) is 14.8 Å². The van der Waals surface area contributed by atoms with E-state index in [1.165, 1.54) is 6.33 Å². The molecule has 0 amide bonds. The fourth-order valence-electron chi connectivity index (χ4n) is 1.99. The summed E-state index contributed by atoms with van der Waals surface area (Å²) in [5, 5.41) is 19.4. The van der Waals surface area contributed by atoms with Crippen LogP contribution in [0.3, 0.4) is 0 Å². The molecule has 0 saturated carbocycles. The summed E-state index contributed by atoms with van der Waals surface area (Å²) in [7, 11) is 0. The molecule has 0 saturated heterocycles. The zero-order valence-corrected chi connectivity index (χ0v) is 14.4. The Labute approximate surface area is 140 Å². The van der Waals surface area contributed by atoms with E-state index in [9.17, 15) is 5.11 Å². The summed E-state index contributed by atoms with van der Waals surface area (Å²) < 4.78 is 1.63. The Balaban J connectivity index is 2.14. The molecule has 2 aromatic rings. The molecule has 7 heteroatoms. The molecule has 22 heavy (non-hydrogen) atoms. The maximum absolute atomic E-state index is 11.1. The third kappa shape index (κ3) is 3.91. The highest BCUT2D eigenvalue weighted by atomic mass is 35.5. The van der Waals surface area contributed by atoms with Crippen molar-refractivity contribution >= 4 is 28.9 Å². The second-order valence-corrected chi connectivity index (χ2v) is 7.17. The van der Waals surface area contributed by atoms with Gasteiger partial charge in [-0.2, -0.15) is 5.10 Å². The SMILES string of the molecule is CC(C)(C)C(O)(CNc1ccc(Cl)c(Cl)c1)Cn1cncn1. The number of nitrogens with zero attached hydrogens (tertiary/aromatic N) is 3. The van der Waals surface area contributed by atoms with Crippen molar-refractivity contribution in [2.45, 2.75) is 32.9 Å². The predicted octanol–water partition coefficient (Wildman–Crippen LogP) is 3.47. The van der Waals surface area contributed by atoms with Gasteiger partial charge in [0.15, 0.2) is 0 Å². The summed E-state index contributed by atoms with van der Waals surface area (Å²) in [6.07, 6.45) is 3.05. The van der Waals surface area contributed by atoms with E-state index >= 15 is 0 Å². The van der Waals surface area contributed by atoms with Crippen LogP contribution in [0.4, 0.5) is 5.69 Å². The first-order chi connectivity index (χ1) is 10.2. The smallest absolute Gasteiger partial charge is 0.137 e. The highest BCUT2D eigenvalue weighted by molar-refractivity contribution is 6.42. The van der Waals surface area contributed by atoms with Gasteiger partial charge >= 0.3 is 0 Å². The monoisotopic (exact) mass is 342 g/mol. The fourth-order valence-corrected chi connectivity index (χ4v) is 2.29. The molecule has 1 aromatic heterocycles. The summed E-state index contributed by atoms with van der Waals surface area (Å²) in [5.74, 6) is 0. The Kier molecular flexibility index (Phi) is 5.00.